The van der Waals surface area contributed by atoms with Crippen molar-refractivity contribution >= 4 is 5.91 Å². The monoisotopic (exact) mass is 301 g/mol. The lowest BCUT2D eigenvalue weighted by molar-refractivity contribution is 0.0657. The molecule has 2 rings (SSSR count). The van der Waals surface area contributed by atoms with E-state index in [-0.39, 0.29) is 23.3 Å². The summed E-state index contributed by atoms with van der Waals surface area (Å²) in [6.07, 6.45) is 0.198. The predicted octanol–water partition coefficient (Wildman–Crippen LogP) is 1.62. The third kappa shape index (κ3) is 4.82. The van der Waals surface area contributed by atoms with E-state index in [2.05, 4.69) is 15.5 Å². The molecule has 0 aliphatic heterocycles. The standard InChI is InChI=1S/C16H19N3O3/c1-11(2)22-10-13-5-3-12(4-6-13)9-17-16(21)14-7-8-15(20)19-18-14/h3-8,11H,9-10H2,1-2H3,(H,17,21)(H,19,20). The maximum atomic E-state index is 11.9. The molecule has 6 nitrogen and oxygen atoms in total. The zero-order chi connectivity index (χ0) is 15.9. The first-order valence-electron chi connectivity index (χ1n) is 7.08. The molecule has 0 radical (unpaired) electrons. The average Bonchev–Trinajstić information content (AvgIpc) is 2.52. The Bertz CT molecular complexity index is 657. The van der Waals surface area contributed by atoms with Gasteiger partial charge in [0.05, 0.1) is 12.7 Å². The second-order valence-electron chi connectivity index (χ2n) is 5.17. The summed E-state index contributed by atoms with van der Waals surface area (Å²) < 4.78 is 5.53. The van der Waals surface area contributed by atoms with Crippen molar-refractivity contribution in [3.8, 4) is 0 Å². The Morgan fingerprint density at radius 3 is 2.45 bits per heavy atom. The largest absolute Gasteiger partial charge is 0.374 e. The van der Waals surface area contributed by atoms with Gasteiger partial charge in [-0.1, -0.05) is 24.3 Å². The summed E-state index contributed by atoms with van der Waals surface area (Å²) in [6.45, 7) is 4.96. The third-order valence-electron chi connectivity index (χ3n) is 2.97. The van der Waals surface area contributed by atoms with Crippen LogP contribution in [0.5, 0.6) is 0 Å². The number of H-pyrrole nitrogens is 1. The number of nitrogens with one attached hydrogen (secondary N) is 2. The minimum Gasteiger partial charge on any atom is -0.374 e. The van der Waals surface area contributed by atoms with Crippen LogP contribution in [0.3, 0.4) is 0 Å². The fourth-order valence-corrected chi connectivity index (χ4v) is 1.76. The van der Waals surface area contributed by atoms with Gasteiger partial charge in [-0.15, -0.1) is 0 Å². The molecule has 0 saturated heterocycles. The molecule has 1 heterocycles. The molecule has 0 aliphatic carbocycles. The van der Waals surface area contributed by atoms with Crippen molar-refractivity contribution in [1.82, 2.24) is 15.5 Å². The highest BCUT2D eigenvalue weighted by atomic mass is 16.5. The van der Waals surface area contributed by atoms with E-state index in [0.29, 0.717) is 13.2 Å². The fraction of sp³-hybridized carbons (Fsp3) is 0.312. The van der Waals surface area contributed by atoms with Gasteiger partial charge < -0.3 is 10.1 Å². The van der Waals surface area contributed by atoms with Gasteiger partial charge in [0.15, 0.2) is 0 Å². The van der Waals surface area contributed by atoms with Crippen molar-refractivity contribution in [3.63, 3.8) is 0 Å². The Kier molecular flexibility index (Phi) is 5.43. The molecule has 0 aliphatic rings. The lowest BCUT2D eigenvalue weighted by Gasteiger charge is -2.08. The lowest BCUT2D eigenvalue weighted by atomic mass is 10.1. The topological polar surface area (TPSA) is 84.1 Å². The van der Waals surface area contributed by atoms with E-state index in [0.717, 1.165) is 11.1 Å². The maximum Gasteiger partial charge on any atom is 0.271 e. The van der Waals surface area contributed by atoms with Crippen molar-refractivity contribution in [2.24, 2.45) is 0 Å². The number of aromatic amines is 1. The molecular weight excluding hydrogens is 282 g/mol. The van der Waals surface area contributed by atoms with Crippen LogP contribution in [-0.4, -0.2) is 22.2 Å². The molecule has 116 valence electrons. The van der Waals surface area contributed by atoms with Crippen LogP contribution in [0.1, 0.15) is 35.5 Å². The van der Waals surface area contributed by atoms with E-state index >= 15 is 0 Å². The zero-order valence-corrected chi connectivity index (χ0v) is 12.6. The van der Waals surface area contributed by atoms with E-state index in [1.165, 1.54) is 12.1 Å². The Morgan fingerprint density at radius 2 is 1.86 bits per heavy atom. The first kappa shape index (κ1) is 15.9. The summed E-state index contributed by atoms with van der Waals surface area (Å²) in [5, 5.41) is 8.66. The molecule has 0 spiro atoms. The summed E-state index contributed by atoms with van der Waals surface area (Å²) in [4.78, 5) is 22.7. The van der Waals surface area contributed by atoms with Gasteiger partial charge in [-0.3, -0.25) is 9.59 Å². The lowest BCUT2D eigenvalue weighted by Crippen LogP contribution is -2.25. The summed E-state index contributed by atoms with van der Waals surface area (Å²) >= 11 is 0. The smallest absolute Gasteiger partial charge is 0.271 e. The number of hydrogen-bond acceptors (Lipinski definition) is 4. The minimum absolute atomic E-state index is 0.182. The normalized spacial score (nSPS) is 10.7. The van der Waals surface area contributed by atoms with Crippen LogP contribution in [0.15, 0.2) is 41.2 Å². The van der Waals surface area contributed by atoms with Gasteiger partial charge in [0.1, 0.15) is 5.69 Å². The summed E-state index contributed by atoms with van der Waals surface area (Å²) in [6, 6.07) is 10.5. The van der Waals surface area contributed by atoms with E-state index in [1.807, 2.05) is 38.1 Å². The highest BCUT2D eigenvalue weighted by molar-refractivity contribution is 5.91. The third-order valence-corrected chi connectivity index (χ3v) is 2.97. The van der Waals surface area contributed by atoms with Gasteiger partial charge in [-0.2, -0.15) is 5.10 Å². The molecule has 1 amide bonds. The minimum atomic E-state index is -0.337. The molecule has 1 aromatic heterocycles. The number of aromatic nitrogens is 2. The highest BCUT2D eigenvalue weighted by Crippen LogP contribution is 2.07. The van der Waals surface area contributed by atoms with Crippen LogP contribution < -0.4 is 10.9 Å². The number of carbonyl (C=O) groups is 1. The van der Waals surface area contributed by atoms with Crippen molar-refractivity contribution in [2.45, 2.75) is 33.1 Å². The Morgan fingerprint density at radius 1 is 1.18 bits per heavy atom. The van der Waals surface area contributed by atoms with Crippen LogP contribution in [0.25, 0.3) is 0 Å². The van der Waals surface area contributed by atoms with Crippen LogP contribution in [0.4, 0.5) is 0 Å². The number of rotatable bonds is 6. The molecule has 2 aromatic rings. The Balaban J connectivity index is 1.87. The van der Waals surface area contributed by atoms with E-state index in [4.69, 9.17) is 4.74 Å². The molecule has 0 unspecified atom stereocenters. The van der Waals surface area contributed by atoms with Gasteiger partial charge in [0.2, 0.25) is 0 Å². The van der Waals surface area contributed by atoms with E-state index in [9.17, 15) is 9.59 Å². The first-order valence-corrected chi connectivity index (χ1v) is 7.08. The van der Waals surface area contributed by atoms with Gasteiger partial charge in [-0.25, -0.2) is 5.10 Å². The van der Waals surface area contributed by atoms with Crippen molar-refractivity contribution in [2.75, 3.05) is 0 Å². The molecule has 6 heteroatoms. The molecule has 0 saturated carbocycles. The fourth-order valence-electron chi connectivity index (χ4n) is 1.76. The number of hydrogen-bond donors (Lipinski definition) is 2. The molecule has 0 fully saturated rings. The predicted molar refractivity (Wildman–Crippen MR) is 82.4 cm³/mol. The van der Waals surface area contributed by atoms with Gasteiger partial charge >= 0.3 is 0 Å². The van der Waals surface area contributed by atoms with Gasteiger partial charge in [-0.05, 0) is 31.0 Å². The molecular formula is C16H19N3O3. The second kappa shape index (κ2) is 7.51. The summed E-state index contributed by atoms with van der Waals surface area (Å²) in [7, 11) is 0. The number of benzene rings is 1. The number of amides is 1. The average molecular weight is 301 g/mol. The van der Waals surface area contributed by atoms with Crippen molar-refractivity contribution in [3.05, 3.63) is 63.6 Å². The Labute approximate surface area is 128 Å². The summed E-state index contributed by atoms with van der Waals surface area (Å²) in [5.74, 6) is -0.330. The number of ether oxygens (including phenoxy) is 1. The van der Waals surface area contributed by atoms with Crippen LogP contribution in [0.2, 0.25) is 0 Å². The molecule has 22 heavy (non-hydrogen) atoms. The highest BCUT2D eigenvalue weighted by Gasteiger charge is 2.06. The van der Waals surface area contributed by atoms with Crippen LogP contribution >= 0.6 is 0 Å². The van der Waals surface area contributed by atoms with Crippen molar-refractivity contribution < 1.29 is 9.53 Å². The maximum absolute atomic E-state index is 11.9. The summed E-state index contributed by atoms with van der Waals surface area (Å²) in [5.41, 5.74) is 1.91. The van der Waals surface area contributed by atoms with Crippen LogP contribution in [0, 0.1) is 0 Å². The molecule has 2 N–H and O–H groups in total. The Hall–Kier alpha value is -2.47. The second-order valence-corrected chi connectivity index (χ2v) is 5.17. The quantitative estimate of drug-likeness (QED) is 0.849. The zero-order valence-electron chi connectivity index (χ0n) is 12.6. The number of nitrogens with zero attached hydrogens (tertiary/aromatic N) is 1. The van der Waals surface area contributed by atoms with E-state index < -0.39 is 0 Å². The number of carbonyl (C=O) groups excluding carboxylic acids is 1. The van der Waals surface area contributed by atoms with Crippen LogP contribution in [-0.2, 0) is 17.9 Å². The van der Waals surface area contributed by atoms with Gasteiger partial charge in [0.25, 0.3) is 11.5 Å². The molecule has 0 bridgehead atoms. The van der Waals surface area contributed by atoms with Gasteiger partial charge in [0, 0.05) is 12.6 Å². The molecule has 0 atom stereocenters. The van der Waals surface area contributed by atoms with E-state index in [1.54, 1.807) is 0 Å². The van der Waals surface area contributed by atoms with Crippen molar-refractivity contribution in [1.29, 1.82) is 0 Å². The first-order chi connectivity index (χ1) is 10.5. The molecule has 1 aromatic carbocycles. The SMILES string of the molecule is CC(C)OCc1ccc(CNC(=O)c2ccc(=O)[nH]n2)cc1.